The third-order valence-electron chi connectivity index (χ3n) is 5.96. The van der Waals surface area contributed by atoms with Crippen LogP contribution in [-0.4, -0.2) is 55.2 Å². The first-order valence-electron chi connectivity index (χ1n) is 11.7. The second-order valence-corrected chi connectivity index (χ2v) is 8.42. The Morgan fingerprint density at radius 1 is 0.914 bits per heavy atom. The lowest BCUT2D eigenvalue weighted by Gasteiger charge is -2.24. The maximum absolute atomic E-state index is 13.3. The number of amides is 2. The molecule has 2 N–H and O–H groups in total. The van der Waals surface area contributed by atoms with Crippen LogP contribution in [-0.2, 0) is 9.63 Å². The lowest BCUT2D eigenvalue weighted by atomic mass is 10.0. The van der Waals surface area contributed by atoms with Gasteiger partial charge in [-0.25, -0.2) is 0 Å². The van der Waals surface area contributed by atoms with Gasteiger partial charge >= 0.3 is 0 Å². The van der Waals surface area contributed by atoms with Gasteiger partial charge < -0.3 is 20.4 Å². The number of nitrogens with one attached hydrogen (secondary N) is 2. The van der Waals surface area contributed by atoms with Gasteiger partial charge in [-0.15, -0.1) is 0 Å². The van der Waals surface area contributed by atoms with Crippen molar-refractivity contribution < 1.29 is 14.4 Å². The highest BCUT2D eigenvalue weighted by molar-refractivity contribution is 6.01. The molecule has 1 atom stereocenters. The normalized spacial score (nSPS) is 16.2. The number of rotatable bonds is 9. The zero-order valence-electron chi connectivity index (χ0n) is 19.8. The van der Waals surface area contributed by atoms with Crippen LogP contribution in [0.2, 0.25) is 0 Å². The molecule has 0 saturated carbocycles. The molecule has 7 nitrogen and oxygen atoms in total. The number of carbonyl (C=O) groups is 2. The summed E-state index contributed by atoms with van der Waals surface area (Å²) < 4.78 is 0. The second-order valence-electron chi connectivity index (χ2n) is 8.42. The van der Waals surface area contributed by atoms with E-state index >= 15 is 0 Å². The van der Waals surface area contributed by atoms with Crippen molar-refractivity contribution in [1.29, 1.82) is 0 Å². The van der Waals surface area contributed by atoms with Crippen molar-refractivity contribution in [3.05, 3.63) is 90.5 Å². The van der Waals surface area contributed by atoms with E-state index < -0.39 is 0 Å². The molecule has 0 radical (unpaired) electrons. The van der Waals surface area contributed by atoms with Gasteiger partial charge in [0.15, 0.2) is 0 Å². The van der Waals surface area contributed by atoms with E-state index in [0.29, 0.717) is 31.6 Å². The fraction of sp³-hybridized carbons (Fsp3) is 0.250. The lowest BCUT2D eigenvalue weighted by molar-refractivity contribution is -0.121. The minimum absolute atomic E-state index is 0.0965. The van der Waals surface area contributed by atoms with E-state index in [4.69, 9.17) is 4.84 Å². The molecule has 1 fully saturated rings. The number of carbonyl (C=O) groups excluding carboxylic acids is 2. The molecule has 0 bridgehead atoms. The molecule has 3 aromatic carbocycles. The summed E-state index contributed by atoms with van der Waals surface area (Å²) >= 11 is 0. The van der Waals surface area contributed by atoms with E-state index in [2.05, 4.69) is 15.8 Å². The van der Waals surface area contributed by atoms with Gasteiger partial charge in [-0.05, 0) is 35.4 Å². The number of nitrogens with zero attached hydrogens (tertiary/aromatic N) is 2. The van der Waals surface area contributed by atoms with Crippen molar-refractivity contribution in [2.75, 3.05) is 32.1 Å². The minimum atomic E-state index is -0.271. The SMILES string of the molecule is CON=C1C[C@@H](CC(=O)NCCNc2ccccc2)N(C(=O)c2ccc(-c3ccccc3)cc2)C1. The Morgan fingerprint density at radius 2 is 1.57 bits per heavy atom. The maximum Gasteiger partial charge on any atom is 0.254 e. The summed E-state index contributed by atoms with van der Waals surface area (Å²) in [5.41, 5.74) is 4.49. The summed E-state index contributed by atoms with van der Waals surface area (Å²) in [6.07, 6.45) is 0.722. The average molecular weight is 471 g/mol. The molecule has 7 heteroatoms. The Bertz CT molecular complexity index is 1150. The Morgan fingerprint density at radius 3 is 2.26 bits per heavy atom. The number of anilines is 1. The van der Waals surface area contributed by atoms with E-state index in [0.717, 1.165) is 22.5 Å². The molecule has 35 heavy (non-hydrogen) atoms. The predicted octanol–water partition coefficient (Wildman–Crippen LogP) is 4.19. The third-order valence-corrected chi connectivity index (χ3v) is 5.96. The molecular formula is C28H30N4O3. The van der Waals surface area contributed by atoms with Crippen LogP contribution in [0.4, 0.5) is 5.69 Å². The fourth-order valence-corrected chi connectivity index (χ4v) is 4.24. The molecule has 1 aliphatic heterocycles. The predicted molar refractivity (Wildman–Crippen MR) is 138 cm³/mol. The Balaban J connectivity index is 1.36. The zero-order valence-corrected chi connectivity index (χ0v) is 19.8. The maximum atomic E-state index is 13.3. The van der Waals surface area contributed by atoms with Crippen LogP contribution in [0.15, 0.2) is 90.1 Å². The van der Waals surface area contributed by atoms with E-state index in [1.807, 2.05) is 84.9 Å². The van der Waals surface area contributed by atoms with Gasteiger partial charge in [0.25, 0.3) is 5.91 Å². The van der Waals surface area contributed by atoms with E-state index in [-0.39, 0.29) is 24.3 Å². The number of para-hydroxylation sites is 1. The molecular weight excluding hydrogens is 440 g/mol. The number of hydrogen-bond acceptors (Lipinski definition) is 5. The first-order valence-corrected chi connectivity index (χ1v) is 11.7. The number of benzene rings is 3. The summed E-state index contributed by atoms with van der Waals surface area (Å²) in [5.74, 6) is -0.213. The van der Waals surface area contributed by atoms with Gasteiger partial charge in [-0.1, -0.05) is 65.8 Å². The first kappa shape index (κ1) is 24.0. The highest BCUT2D eigenvalue weighted by Crippen LogP contribution is 2.24. The molecule has 3 aromatic rings. The first-order chi connectivity index (χ1) is 17.1. The topological polar surface area (TPSA) is 83.0 Å². The zero-order chi connectivity index (χ0) is 24.5. The van der Waals surface area contributed by atoms with E-state index in [9.17, 15) is 9.59 Å². The van der Waals surface area contributed by atoms with Crippen LogP contribution in [0.1, 0.15) is 23.2 Å². The van der Waals surface area contributed by atoms with Crippen LogP contribution in [0, 0.1) is 0 Å². The fourth-order valence-electron chi connectivity index (χ4n) is 4.24. The van der Waals surface area contributed by atoms with Gasteiger partial charge in [-0.2, -0.15) is 0 Å². The Hall–Kier alpha value is -4.13. The summed E-state index contributed by atoms with van der Waals surface area (Å²) in [7, 11) is 1.49. The molecule has 0 unspecified atom stereocenters. The van der Waals surface area contributed by atoms with Crippen molar-refractivity contribution in [2.24, 2.45) is 5.16 Å². The molecule has 0 aromatic heterocycles. The van der Waals surface area contributed by atoms with Crippen LogP contribution in [0.25, 0.3) is 11.1 Å². The average Bonchev–Trinajstić information content (AvgIpc) is 3.29. The van der Waals surface area contributed by atoms with Crippen molar-refractivity contribution in [1.82, 2.24) is 10.2 Å². The van der Waals surface area contributed by atoms with Crippen LogP contribution in [0.5, 0.6) is 0 Å². The van der Waals surface area contributed by atoms with Crippen molar-refractivity contribution in [3.63, 3.8) is 0 Å². The molecule has 0 aliphatic carbocycles. The van der Waals surface area contributed by atoms with Crippen molar-refractivity contribution >= 4 is 23.2 Å². The largest absolute Gasteiger partial charge is 0.399 e. The van der Waals surface area contributed by atoms with Crippen molar-refractivity contribution in [3.8, 4) is 11.1 Å². The van der Waals surface area contributed by atoms with Crippen molar-refractivity contribution in [2.45, 2.75) is 18.9 Å². The Labute approximate surface area is 205 Å². The number of hydrogen-bond donors (Lipinski definition) is 2. The van der Waals surface area contributed by atoms with Gasteiger partial charge in [0, 0.05) is 43.2 Å². The summed E-state index contributed by atoms with van der Waals surface area (Å²) in [5, 5.41) is 10.3. The van der Waals surface area contributed by atoms with Gasteiger partial charge in [0.2, 0.25) is 5.91 Å². The van der Waals surface area contributed by atoms with Gasteiger partial charge in [0.1, 0.15) is 7.11 Å². The van der Waals surface area contributed by atoms with Crippen LogP contribution in [0.3, 0.4) is 0 Å². The number of oxime groups is 1. The van der Waals surface area contributed by atoms with Gasteiger partial charge in [-0.3, -0.25) is 9.59 Å². The smallest absolute Gasteiger partial charge is 0.254 e. The molecule has 0 spiro atoms. The monoisotopic (exact) mass is 470 g/mol. The summed E-state index contributed by atoms with van der Waals surface area (Å²) in [6, 6.07) is 27.2. The molecule has 2 amide bonds. The molecule has 1 heterocycles. The Kier molecular flexibility index (Phi) is 8.12. The van der Waals surface area contributed by atoms with E-state index in [1.54, 1.807) is 4.90 Å². The quantitative estimate of drug-likeness (QED) is 0.363. The summed E-state index contributed by atoms with van der Waals surface area (Å²) in [6.45, 7) is 1.46. The third kappa shape index (κ3) is 6.47. The molecule has 1 saturated heterocycles. The standard InChI is InChI=1S/C28H30N4O3/c1-35-31-25-18-26(19-27(33)30-17-16-29-24-10-6-3-7-11-24)32(20-25)28(34)23-14-12-22(13-15-23)21-8-4-2-5-9-21/h2-15,26,29H,16-20H2,1H3,(H,30,33)/t26-/m0/s1. The minimum Gasteiger partial charge on any atom is -0.399 e. The molecule has 1 aliphatic rings. The highest BCUT2D eigenvalue weighted by atomic mass is 16.6. The highest BCUT2D eigenvalue weighted by Gasteiger charge is 2.35. The summed E-state index contributed by atoms with van der Waals surface area (Å²) in [4.78, 5) is 32.6. The van der Waals surface area contributed by atoms with E-state index in [1.165, 1.54) is 7.11 Å². The lowest BCUT2D eigenvalue weighted by Crippen LogP contribution is -2.40. The van der Waals surface area contributed by atoms with Crippen LogP contribution >= 0.6 is 0 Å². The van der Waals surface area contributed by atoms with Gasteiger partial charge in [0.05, 0.1) is 12.3 Å². The molecule has 180 valence electrons. The second kappa shape index (κ2) is 11.8. The molecule has 4 rings (SSSR count). The van der Waals surface area contributed by atoms with Crippen LogP contribution < -0.4 is 10.6 Å². The number of likely N-dealkylation sites (tertiary alicyclic amines) is 1.